The lowest BCUT2D eigenvalue weighted by molar-refractivity contribution is -0.140. The van der Waals surface area contributed by atoms with Crippen LogP contribution in [-0.2, 0) is 16.1 Å². The molecule has 1 N–H and O–H groups in total. The highest BCUT2D eigenvalue weighted by Crippen LogP contribution is 2.44. The Hall–Kier alpha value is -4.27. The molecule has 2 aromatic carbocycles. The summed E-state index contributed by atoms with van der Waals surface area (Å²) in [7, 11) is 4.59. The molecule has 1 aromatic heterocycles. The number of hydrogen-bond acceptors (Lipinski definition) is 7. The highest BCUT2D eigenvalue weighted by Gasteiger charge is 2.47. The van der Waals surface area contributed by atoms with E-state index in [1.807, 2.05) is 10.8 Å². The zero-order valence-corrected chi connectivity index (χ0v) is 19.8. The summed E-state index contributed by atoms with van der Waals surface area (Å²) in [5.41, 5.74) is 0.937. The number of ether oxygens (including phenoxy) is 3. The molecule has 4 rings (SSSR count). The molecule has 0 bridgehead atoms. The molecule has 1 atom stereocenters. The van der Waals surface area contributed by atoms with Crippen molar-refractivity contribution >= 4 is 17.4 Å². The van der Waals surface area contributed by atoms with Gasteiger partial charge in [-0.25, -0.2) is 4.98 Å². The van der Waals surface area contributed by atoms with Gasteiger partial charge >= 0.3 is 0 Å². The molecule has 1 aliphatic heterocycles. The summed E-state index contributed by atoms with van der Waals surface area (Å²) in [6.45, 7) is 0.899. The minimum absolute atomic E-state index is 0.00523. The smallest absolute Gasteiger partial charge is 0.295 e. The van der Waals surface area contributed by atoms with Crippen LogP contribution in [0.4, 0.5) is 0 Å². The lowest BCUT2D eigenvalue weighted by atomic mass is 9.94. The Kier molecular flexibility index (Phi) is 7.05. The highest BCUT2D eigenvalue weighted by molar-refractivity contribution is 6.46. The second-order valence-corrected chi connectivity index (χ2v) is 7.98. The molecular formula is C26H27N3O6. The number of aliphatic hydroxyl groups is 1. The number of carbonyl (C=O) groups excluding carboxylic acids is 2. The van der Waals surface area contributed by atoms with Crippen LogP contribution in [0.2, 0.25) is 0 Å². The minimum Gasteiger partial charge on any atom is -0.507 e. The summed E-state index contributed by atoms with van der Waals surface area (Å²) in [4.78, 5) is 32.0. The fourth-order valence-electron chi connectivity index (χ4n) is 4.23. The van der Waals surface area contributed by atoms with Gasteiger partial charge in [-0.1, -0.05) is 0 Å². The van der Waals surface area contributed by atoms with Crippen molar-refractivity contribution < 1.29 is 28.9 Å². The van der Waals surface area contributed by atoms with Crippen LogP contribution in [0.1, 0.15) is 23.6 Å². The first-order valence-electron chi connectivity index (χ1n) is 11.1. The van der Waals surface area contributed by atoms with Crippen molar-refractivity contribution in [2.75, 3.05) is 27.9 Å². The number of nitrogens with zero attached hydrogens (tertiary/aromatic N) is 3. The van der Waals surface area contributed by atoms with Gasteiger partial charge in [0.05, 0.1) is 39.3 Å². The van der Waals surface area contributed by atoms with E-state index in [-0.39, 0.29) is 17.9 Å². The largest absolute Gasteiger partial charge is 0.507 e. The van der Waals surface area contributed by atoms with Crippen molar-refractivity contribution in [2.45, 2.75) is 19.0 Å². The predicted molar refractivity (Wildman–Crippen MR) is 128 cm³/mol. The van der Waals surface area contributed by atoms with Crippen LogP contribution < -0.4 is 14.2 Å². The molecule has 1 saturated heterocycles. The number of aliphatic hydroxyl groups excluding tert-OH is 1. The van der Waals surface area contributed by atoms with Gasteiger partial charge < -0.3 is 28.8 Å². The van der Waals surface area contributed by atoms with Crippen molar-refractivity contribution in [2.24, 2.45) is 0 Å². The van der Waals surface area contributed by atoms with Gasteiger partial charge in [-0.05, 0) is 48.9 Å². The summed E-state index contributed by atoms with van der Waals surface area (Å²) in [6.07, 6.45) is 5.79. The molecule has 2 heterocycles. The molecule has 0 saturated carbocycles. The maximum atomic E-state index is 13.3. The summed E-state index contributed by atoms with van der Waals surface area (Å²) < 4.78 is 18.0. The van der Waals surface area contributed by atoms with Gasteiger partial charge in [0.2, 0.25) is 0 Å². The monoisotopic (exact) mass is 477 g/mol. The number of aryl methyl sites for hydroxylation is 1. The maximum Gasteiger partial charge on any atom is 0.295 e. The number of amides is 1. The molecule has 3 aromatic rings. The van der Waals surface area contributed by atoms with Crippen LogP contribution in [0.3, 0.4) is 0 Å². The van der Waals surface area contributed by atoms with E-state index in [1.54, 1.807) is 62.1 Å². The van der Waals surface area contributed by atoms with Gasteiger partial charge in [0.15, 0.2) is 0 Å². The molecule has 0 spiro atoms. The van der Waals surface area contributed by atoms with E-state index in [1.165, 1.54) is 19.1 Å². The summed E-state index contributed by atoms with van der Waals surface area (Å²) >= 11 is 0. The van der Waals surface area contributed by atoms with Gasteiger partial charge in [-0.3, -0.25) is 9.59 Å². The molecule has 9 heteroatoms. The number of aromatic nitrogens is 2. The molecule has 0 aliphatic carbocycles. The van der Waals surface area contributed by atoms with Crippen LogP contribution in [0, 0.1) is 0 Å². The Labute approximate surface area is 203 Å². The zero-order valence-electron chi connectivity index (χ0n) is 19.8. The van der Waals surface area contributed by atoms with Crippen LogP contribution in [0.5, 0.6) is 17.2 Å². The number of benzene rings is 2. The Bertz CT molecular complexity index is 1230. The first kappa shape index (κ1) is 23.9. The second kappa shape index (κ2) is 10.3. The quantitative estimate of drug-likeness (QED) is 0.286. The highest BCUT2D eigenvalue weighted by atomic mass is 16.5. The first-order chi connectivity index (χ1) is 17.0. The molecule has 0 unspecified atom stereocenters. The predicted octanol–water partition coefficient (Wildman–Crippen LogP) is 3.42. The van der Waals surface area contributed by atoms with Gasteiger partial charge in [-0.2, -0.15) is 0 Å². The van der Waals surface area contributed by atoms with E-state index in [0.717, 1.165) is 0 Å². The third-order valence-electron chi connectivity index (χ3n) is 6.01. The van der Waals surface area contributed by atoms with Crippen LogP contribution in [0.25, 0.3) is 5.76 Å². The van der Waals surface area contributed by atoms with Crippen LogP contribution >= 0.6 is 0 Å². The van der Waals surface area contributed by atoms with Gasteiger partial charge in [-0.15, -0.1) is 0 Å². The summed E-state index contributed by atoms with van der Waals surface area (Å²) in [5.74, 6) is -0.0888. The van der Waals surface area contributed by atoms with E-state index in [0.29, 0.717) is 41.3 Å². The average Bonchev–Trinajstić information content (AvgIpc) is 3.50. The Morgan fingerprint density at radius 1 is 0.971 bits per heavy atom. The SMILES string of the molecule is COc1ccc(/C(O)=C2\C(=O)C(=O)N(CCCn3ccnc3)[C@H]2c2cc(OC)ccc2OC)cc1. The average molecular weight is 478 g/mol. The van der Waals surface area contributed by atoms with E-state index in [4.69, 9.17) is 14.2 Å². The van der Waals surface area contributed by atoms with E-state index in [9.17, 15) is 14.7 Å². The van der Waals surface area contributed by atoms with Crippen LogP contribution in [-0.4, -0.2) is 59.1 Å². The number of Topliss-reactive ketones (excluding diaryl/α,β-unsaturated/α-hetero) is 1. The molecule has 182 valence electrons. The number of likely N-dealkylation sites (tertiary alicyclic amines) is 1. The van der Waals surface area contributed by atoms with E-state index >= 15 is 0 Å². The Balaban J connectivity index is 1.80. The molecule has 1 fully saturated rings. The lowest BCUT2D eigenvalue weighted by Crippen LogP contribution is -2.31. The summed E-state index contributed by atoms with van der Waals surface area (Å²) in [5, 5.41) is 11.2. The van der Waals surface area contributed by atoms with Gasteiger partial charge in [0.1, 0.15) is 23.0 Å². The zero-order chi connectivity index (χ0) is 24.9. The fraction of sp³-hybridized carbons (Fsp3) is 0.269. The van der Waals surface area contributed by atoms with Crippen molar-refractivity contribution in [3.05, 3.63) is 77.9 Å². The van der Waals surface area contributed by atoms with Crippen molar-refractivity contribution in [1.82, 2.24) is 14.5 Å². The number of rotatable bonds is 9. The summed E-state index contributed by atoms with van der Waals surface area (Å²) in [6, 6.07) is 10.9. The first-order valence-corrected chi connectivity index (χ1v) is 11.1. The number of hydrogen-bond donors (Lipinski definition) is 1. The fourth-order valence-corrected chi connectivity index (χ4v) is 4.23. The van der Waals surface area contributed by atoms with Crippen molar-refractivity contribution in [3.8, 4) is 17.2 Å². The number of imidazole rings is 1. The third kappa shape index (κ3) is 4.70. The molecule has 35 heavy (non-hydrogen) atoms. The van der Waals surface area contributed by atoms with Gasteiger partial charge in [0, 0.05) is 36.6 Å². The number of carbonyl (C=O) groups is 2. The molecule has 1 amide bonds. The van der Waals surface area contributed by atoms with Crippen LogP contribution in [0.15, 0.2) is 66.8 Å². The topological polar surface area (TPSA) is 103 Å². The molecule has 0 radical (unpaired) electrons. The standard InChI is InChI=1S/C26H27N3O6/c1-33-18-7-5-17(6-8-18)24(30)22-23(20-15-19(34-2)9-10-21(20)35-3)29(26(32)25(22)31)13-4-12-28-14-11-27-16-28/h5-11,14-16,23,30H,4,12-13H2,1-3H3/b24-22+/t23-/m0/s1. The van der Waals surface area contributed by atoms with Crippen molar-refractivity contribution in [3.63, 3.8) is 0 Å². The normalized spacial score (nSPS) is 17.0. The molecule has 9 nitrogen and oxygen atoms in total. The van der Waals surface area contributed by atoms with E-state index in [2.05, 4.69) is 4.98 Å². The Morgan fingerprint density at radius 3 is 2.31 bits per heavy atom. The molecule has 1 aliphatic rings. The Morgan fingerprint density at radius 2 is 1.69 bits per heavy atom. The van der Waals surface area contributed by atoms with Gasteiger partial charge in [0.25, 0.3) is 11.7 Å². The molecular weight excluding hydrogens is 450 g/mol. The number of ketones is 1. The van der Waals surface area contributed by atoms with E-state index < -0.39 is 17.7 Å². The maximum absolute atomic E-state index is 13.3. The third-order valence-corrected chi connectivity index (χ3v) is 6.01. The van der Waals surface area contributed by atoms with Crippen molar-refractivity contribution in [1.29, 1.82) is 0 Å². The lowest BCUT2D eigenvalue weighted by Gasteiger charge is -2.27. The number of methoxy groups -OCH3 is 3. The minimum atomic E-state index is -0.857. The second-order valence-electron chi connectivity index (χ2n) is 7.98.